The Labute approximate surface area is 188 Å². The van der Waals surface area contributed by atoms with Crippen molar-refractivity contribution >= 4 is 29.2 Å². The van der Waals surface area contributed by atoms with Gasteiger partial charge in [-0.05, 0) is 61.8 Å². The van der Waals surface area contributed by atoms with E-state index < -0.39 is 0 Å². The zero-order valence-corrected chi connectivity index (χ0v) is 18.5. The number of nitrogens with zero attached hydrogens (tertiary/aromatic N) is 1. The third kappa shape index (κ3) is 6.87. The third-order valence-electron chi connectivity index (χ3n) is 5.32. The van der Waals surface area contributed by atoms with Crippen molar-refractivity contribution in [3.63, 3.8) is 0 Å². The van der Waals surface area contributed by atoms with Crippen LogP contribution in [0.4, 0.5) is 10.5 Å². The number of methoxy groups -OCH3 is 1. The van der Waals surface area contributed by atoms with Gasteiger partial charge >= 0.3 is 6.03 Å². The van der Waals surface area contributed by atoms with Crippen molar-refractivity contribution in [1.29, 1.82) is 0 Å². The van der Waals surface area contributed by atoms with Gasteiger partial charge in [0.2, 0.25) is 5.91 Å². The Morgan fingerprint density at radius 3 is 2.45 bits per heavy atom. The second-order valence-electron chi connectivity index (χ2n) is 7.44. The largest absolute Gasteiger partial charge is 0.497 e. The first-order valence-electron chi connectivity index (χ1n) is 10.5. The minimum Gasteiger partial charge on any atom is -0.497 e. The molecule has 1 aliphatic rings. The molecule has 3 amide bonds. The summed E-state index contributed by atoms with van der Waals surface area (Å²) in [7, 11) is 1.59. The van der Waals surface area contributed by atoms with E-state index in [-0.39, 0.29) is 30.9 Å². The highest BCUT2D eigenvalue weighted by Crippen LogP contribution is 2.29. The summed E-state index contributed by atoms with van der Waals surface area (Å²) in [5, 5.41) is 9.13. The highest BCUT2D eigenvalue weighted by molar-refractivity contribution is 6.31. The molecule has 1 aliphatic heterocycles. The maximum Gasteiger partial charge on any atom is 0.319 e. The second-order valence-corrected chi connectivity index (χ2v) is 7.85. The summed E-state index contributed by atoms with van der Waals surface area (Å²) in [6.45, 7) is 2.73. The molecule has 2 aromatic rings. The van der Waals surface area contributed by atoms with Gasteiger partial charge in [0, 0.05) is 30.2 Å². The van der Waals surface area contributed by atoms with Gasteiger partial charge in [-0.3, -0.25) is 9.69 Å². The maximum atomic E-state index is 12.3. The summed E-state index contributed by atoms with van der Waals surface area (Å²) in [6.07, 6.45) is 2.51. The minimum atomic E-state index is -0.357. The van der Waals surface area contributed by atoms with Crippen molar-refractivity contribution in [2.75, 3.05) is 38.6 Å². The van der Waals surface area contributed by atoms with Gasteiger partial charge in [0.15, 0.2) is 0 Å². The zero-order valence-electron chi connectivity index (χ0n) is 17.7. The first kappa shape index (κ1) is 22.9. The summed E-state index contributed by atoms with van der Waals surface area (Å²) in [4.78, 5) is 26.7. The van der Waals surface area contributed by atoms with Crippen LogP contribution in [0, 0.1) is 0 Å². The van der Waals surface area contributed by atoms with Gasteiger partial charge < -0.3 is 20.7 Å². The smallest absolute Gasteiger partial charge is 0.319 e. The molecule has 0 bridgehead atoms. The Bertz CT molecular complexity index is 869. The van der Waals surface area contributed by atoms with E-state index in [2.05, 4.69) is 20.9 Å². The van der Waals surface area contributed by atoms with Gasteiger partial charge in [0.25, 0.3) is 0 Å². The van der Waals surface area contributed by atoms with Crippen LogP contribution < -0.4 is 20.7 Å². The lowest BCUT2D eigenvalue weighted by atomic mass is 10.1. The standard InChI is InChI=1S/C23H29ClN4O3/c1-31-18-10-8-17(9-11-18)27-23(30)25-13-12-22(29)26-16-21(28-14-4-5-15-28)19-6-2-3-7-20(19)24/h2-3,6-11,21H,4-5,12-16H2,1H3,(H,26,29)(H2,25,27,30). The molecule has 1 heterocycles. The van der Waals surface area contributed by atoms with E-state index in [1.807, 2.05) is 24.3 Å². The predicted molar refractivity (Wildman–Crippen MR) is 123 cm³/mol. The number of nitrogens with one attached hydrogen (secondary N) is 3. The fourth-order valence-corrected chi connectivity index (χ4v) is 3.93. The summed E-state index contributed by atoms with van der Waals surface area (Å²) < 4.78 is 5.09. The molecule has 1 fully saturated rings. The highest BCUT2D eigenvalue weighted by atomic mass is 35.5. The molecule has 31 heavy (non-hydrogen) atoms. The number of anilines is 1. The van der Waals surface area contributed by atoms with E-state index in [9.17, 15) is 9.59 Å². The first-order chi connectivity index (χ1) is 15.1. The van der Waals surface area contributed by atoms with Crippen molar-refractivity contribution in [3.05, 3.63) is 59.1 Å². The number of hydrogen-bond donors (Lipinski definition) is 3. The van der Waals surface area contributed by atoms with Crippen LogP contribution in [0.25, 0.3) is 0 Å². The van der Waals surface area contributed by atoms with Crippen molar-refractivity contribution in [2.24, 2.45) is 0 Å². The molecule has 0 spiro atoms. The Morgan fingerprint density at radius 1 is 1.06 bits per heavy atom. The van der Waals surface area contributed by atoms with E-state index in [0.717, 1.165) is 31.5 Å². The predicted octanol–water partition coefficient (Wildman–Crippen LogP) is 3.81. The Kier molecular flexibility index (Phi) is 8.55. The molecule has 0 radical (unpaired) electrons. The first-order valence-corrected chi connectivity index (χ1v) is 10.9. The van der Waals surface area contributed by atoms with Crippen LogP contribution >= 0.6 is 11.6 Å². The lowest BCUT2D eigenvalue weighted by Gasteiger charge is -2.29. The number of halogens is 1. The van der Waals surface area contributed by atoms with Gasteiger partial charge in [0.1, 0.15) is 5.75 Å². The molecule has 166 valence electrons. The van der Waals surface area contributed by atoms with Gasteiger partial charge in [-0.25, -0.2) is 4.79 Å². The molecule has 7 nitrogen and oxygen atoms in total. The maximum absolute atomic E-state index is 12.3. The second kappa shape index (κ2) is 11.6. The molecular formula is C23H29ClN4O3. The molecule has 3 rings (SSSR count). The number of likely N-dealkylation sites (tertiary alicyclic amines) is 1. The quantitative estimate of drug-likeness (QED) is 0.549. The van der Waals surface area contributed by atoms with E-state index >= 15 is 0 Å². The molecule has 1 saturated heterocycles. The summed E-state index contributed by atoms with van der Waals surface area (Å²) in [5.74, 6) is 0.604. The van der Waals surface area contributed by atoms with Gasteiger partial charge in [-0.2, -0.15) is 0 Å². The van der Waals surface area contributed by atoms with Crippen LogP contribution in [0.2, 0.25) is 5.02 Å². The minimum absolute atomic E-state index is 0.0477. The molecule has 8 heteroatoms. The number of carbonyl (C=O) groups is 2. The average molecular weight is 445 g/mol. The van der Waals surface area contributed by atoms with Crippen LogP contribution in [0.3, 0.4) is 0 Å². The van der Waals surface area contributed by atoms with Gasteiger partial charge in [-0.15, -0.1) is 0 Å². The Morgan fingerprint density at radius 2 is 1.77 bits per heavy atom. The van der Waals surface area contributed by atoms with Crippen LogP contribution in [0.15, 0.2) is 48.5 Å². The van der Waals surface area contributed by atoms with E-state index in [1.54, 1.807) is 31.4 Å². The summed E-state index contributed by atoms with van der Waals surface area (Å²) >= 11 is 6.41. The Balaban J connectivity index is 1.43. The van der Waals surface area contributed by atoms with Crippen LogP contribution in [-0.2, 0) is 4.79 Å². The monoisotopic (exact) mass is 444 g/mol. The SMILES string of the molecule is COc1ccc(NC(=O)NCCC(=O)NCC(c2ccccc2Cl)N2CCCC2)cc1. The summed E-state index contributed by atoms with van der Waals surface area (Å²) in [5.41, 5.74) is 1.68. The number of urea groups is 1. The lowest BCUT2D eigenvalue weighted by Crippen LogP contribution is -2.38. The van der Waals surface area contributed by atoms with Gasteiger partial charge in [0.05, 0.1) is 13.2 Å². The van der Waals surface area contributed by atoms with E-state index in [4.69, 9.17) is 16.3 Å². The molecule has 2 aromatic carbocycles. The van der Waals surface area contributed by atoms with Crippen molar-refractivity contribution in [3.8, 4) is 5.75 Å². The molecule has 0 aliphatic carbocycles. The van der Waals surface area contributed by atoms with Crippen molar-refractivity contribution in [1.82, 2.24) is 15.5 Å². The molecule has 0 aromatic heterocycles. The van der Waals surface area contributed by atoms with Crippen molar-refractivity contribution < 1.29 is 14.3 Å². The van der Waals surface area contributed by atoms with E-state index in [1.165, 1.54) is 0 Å². The Hall–Kier alpha value is -2.77. The zero-order chi connectivity index (χ0) is 22.1. The van der Waals surface area contributed by atoms with Crippen molar-refractivity contribution in [2.45, 2.75) is 25.3 Å². The average Bonchev–Trinajstić information content (AvgIpc) is 3.30. The lowest BCUT2D eigenvalue weighted by molar-refractivity contribution is -0.121. The number of rotatable bonds is 9. The third-order valence-corrected chi connectivity index (χ3v) is 5.67. The molecule has 3 N–H and O–H groups in total. The van der Waals surface area contributed by atoms with Crippen LogP contribution in [0.1, 0.15) is 30.9 Å². The summed E-state index contributed by atoms with van der Waals surface area (Å²) in [6, 6.07) is 14.5. The number of ether oxygens (including phenoxy) is 1. The number of carbonyl (C=O) groups excluding carboxylic acids is 2. The fraction of sp³-hybridized carbons (Fsp3) is 0.391. The van der Waals surface area contributed by atoms with Crippen LogP contribution in [0.5, 0.6) is 5.75 Å². The molecule has 1 unspecified atom stereocenters. The number of benzene rings is 2. The molecule has 1 atom stereocenters. The van der Waals surface area contributed by atoms with Crippen LogP contribution in [-0.4, -0.2) is 50.1 Å². The molecular weight excluding hydrogens is 416 g/mol. The van der Waals surface area contributed by atoms with E-state index in [0.29, 0.717) is 23.0 Å². The fourth-order valence-electron chi connectivity index (χ4n) is 3.67. The number of hydrogen-bond acceptors (Lipinski definition) is 4. The topological polar surface area (TPSA) is 82.7 Å². The molecule has 0 saturated carbocycles. The van der Waals surface area contributed by atoms with Gasteiger partial charge in [-0.1, -0.05) is 29.8 Å². The normalized spacial score (nSPS) is 14.6. The number of amides is 3. The highest BCUT2D eigenvalue weighted by Gasteiger charge is 2.25.